The van der Waals surface area contributed by atoms with Crippen molar-refractivity contribution in [3.05, 3.63) is 101 Å². The number of nitrogens with one attached hydrogen (secondary N) is 1. The van der Waals surface area contributed by atoms with Crippen molar-refractivity contribution in [2.45, 2.75) is 32.2 Å². The van der Waals surface area contributed by atoms with Crippen LogP contribution in [0, 0.1) is 17.2 Å². The molecule has 0 spiro atoms. The van der Waals surface area contributed by atoms with Gasteiger partial charge < -0.3 is 19.9 Å². The smallest absolute Gasteiger partial charge is 0.258 e. The SMILES string of the molecule is C=CCCN(Cc1ccc(OC)cc1)c1nc(NC(=O)c2ccc(Br)cc2N2CCC(CC=C)CC2)ccc1C#N. The normalized spacial score (nSPS) is 13.2. The molecule has 1 aromatic heterocycles. The molecule has 2 aromatic carbocycles. The molecule has 0 saturated carbocycles. The topological polar surface area (TPSA) is 81.5 Å². The standard InChI is InChI=1S/C33H36BrN5O2/c1-4-6-18-39(23-25-8-12-28(41-3)13-9-25)32-26(22-35)10-15-31(36-32)37-33(40)29-14-11-27(34)21-30(29)38-19-16-24(7-5-2)17-20-38/h4-5,8-15,21,24H,1-2,6-7,16-20,23H2,3H3,(H,36,37,40). The lowest BCUT2D eigenvalue weighted by atomic mass is 9.93. The lowest BCUT2D eigenvalue weighted by molar-refractivity contribution is 0.102. The van der Waals surface area contributed by atoms with Crippen LogP contribution < -0.4 is 19.9 Å². The van der Waals surface area contributed by atoms with Crippen molar-refractivity contribution >= 4 is 39.2 Å². The number of carbonyl (C=O) groups is 1. The van der Waals surface area contributed by atoms with Gasteiger partial charge in [-0.25, -0.2) is 4.98 Å². The van der Waals surface area contributed by atoms with Gasteiger partial charge in [0, 0.05) is 30.7 Å². The first-order chi connectivity index (χ1) is 19.9. The van der Waals surface area contributed by atoms with Crippen LogP contribution in [0.1, 0.15) is 47.2 Å². The zero-order valence-electron chi connectivity index (χ0n) is 23.5. The molecule has 2 heterocycles. The number of hydrogen-bond donors (Lipinski definition) is 1. The molecule has 1 aliphatic heterocycles. The number of rotatable bonds is 12. The molecule has 0 aliphatic carbocycles. The lowest BCUT2D eigenvalue weighted by Crippen LogP contribution is -2.35. The molecule has 4 rings (SSSR count). The van der Waals surface area contributed by atoms with Gasteiger partial charge in [-0.05, 0) is 79.6 Å². The van der Waals surface area contributed by atoms with Gasteiger partial charge in [-0.3, -0.25) is 4.79 Å². The average Bonchev–Trinajstić information content (AvgIpc) is 3.00. The number of halogens is 1. The number of anilines is 3. The second kappa shape index (κ2) is 14.5. The maximum Gasteiger partial charge on any atom is 0.258 e. The van der Waals surface area contributed by atoms with Crippen molar-refractivity contribution < 1.29 is 9.53 Å². The van der Waals surface area contributed by atoms with Crippen LogP contribution in [-0.2, 0) is 6.54 Å². The zero-order valence-corrected chi connectivity index (χ0v) is 25.1. The molecule has 3 aromatic rings. The Balaban J connectivity index is 1.58. The Labute approximate surface area is 251 Å². The van der Waals surface area contributed by atoms with Gasteiger partial charge in [-0.2, -0.15) is 5.26 Å². The van der Waals surface area contributed by atoms with E-state index in [0.29, 0.717) is 48.2 Å². The Morgan fingerprint density at radius 1 is 1.17 bits per heavy atom. The van der Waals surface area contributed by atoms with E-state index in [2.05, 4.69) is 45.4 Å². The summed E-state index contributed by atoms with van der Waals surface area (Å²) in [5.74, 6) is 2.08. The van der Waals surface area contributed by atoms with Gasteiger partial charge in [0.05, 0.1) is 23.9 Å². The highest BCUT2D eigenvalue weighted by molar-refractivity contribution is 9.10. The van der Waals surface area contributed by atoms with Crippen LogP contribution in [0.15, 0.2) is 84.4 Å². The predicted octanol–water partition coefficient (Wildman–Crippen LogP) is 7.35. The number of piperidine rings is 1. The number of carbonyl (C=O) groups excluding carboxylic acids is 1. The van der Waals surface area contributed by atoms with Gasteiger partial charge in [0.15, 0.2) is 0 Å². The van der Waals surface area contributed by atoms with Crippen molar-refractivity contribution in [3.8, 4) is 11.8 Å². The van der Waals surface area contributed by atoms with Gasteiger partial charge in [0.1, 0.15) is 23.5 Å². The minimum Gasteiger partial charge on any atom is -0.497 e. The Kier molecular flexibility index (Phi) is 10.6. The van der Waals surface area contributed by atoms with E-state index >= 15 is 0 Å². The van der Waals surface area contributed by atoms with Crippen molar-refractivity contribution in [2.24, 2.45) is 5.92 Å². The number of benzene rings is 2. The maximum absolute atomic E-state index is 13.6. The highest BCUT2D eigenvalue weighted by atomic mass is 79.9. The van der Waals surface area contributed by atoms with Crippen LogP contribution >= 0.6 is 15.9 Å². The molecule has 0 bridgehead atoms. The van der Waals surface area contributed by atoms with Crippen LogP contribution in [0.3, 0.4) is 0 Å². The predicted molar refractivity (Wildman–Crippen MR) is 170 cm³/mol. The van der Waals surface area contributed by atoms with Crippen molar-refractivity contribution in [1.29, 1.82) is 5.26 Å². The Bertz CT molecular complexity index is 1410. The van der Waals surface area contributed by atoms with Crippen molar-refractivity contribution in [3.63, 3.8) is 0 Å². The van der Waals surface area contributed by atoms with Crippen LogP contribution in [0.5, 0.6) is 5.75 Å². The first-order valence-corrected chi connectivity index (χ1v) is 14.6. The maximum atomic E-state index is 13.6. The van der Waals surface area contributed by atoms with Crippen LogP contribution in [0.25, 0.3) is 0 Å². The number of nitrogens with zero attached hydrogens (tertiary/aromatic N) is 4. The van der Waals surface area contributed by atoms with Gasteiger partial charge in [-0.15, -0.1) is 13.2 Å². The monoisotopic (exact) mass is 613 g/mol. The van der Waals surface area contributed by atoms with E-state index in [1.54, 1.807) is 19.2 Å². The zero-order chi connectivity index (χ0) is 29.2. The first kappa shape index (κ1) is 29.9. The number of hydrogen-bond acceptors (Lipinski definition) is 6. The van der Waals surface area contributed by atoms with E-state index in [4.69, 9.17) is 9.72 Å². The van der Waals surface area contributed by atoms with Crippen molar-refractivity contribution in [1.82, 2.24) is 4.98 Å². The molecular weight excluding hydrogens is 578 g/mol. The van der Waals surface area contributed by atoms with E-state index in [9.17, 15) is 10.1 Å². The van der Waals surface area contributed by atoms with E-state index in [0.717, 1.165) is 53.8 Å². The summed E-state index contributed by atoms with van der Waals surface area (Å²) in [6, 6.07) is 19.2. The minimum atomic E-state index is -0.239. The van der Waals surface area contributed by atoms with Crippen LogP contribution in [0.2, 0.25) is 0 Å². The summed E-state index contributed by atoms with van der Waals surface area (Å²) in [6.07, 6.45) is 7.70. The summed E-state index contributed by atoms with van der Waals surface area (Å²) in [5.41, 5.74) is 2.97. The first-order valence-electron chi connectivity index (χ1n) is 13.8. The summed E-state index contributed by atoms with van der Waals surface area (Å²) < 4.78 is 6.21. The van der Waals surface area contributed by atoms with Gasteiger partial charge in [0.2, 0.25) is 0 Å². The van der Waals surface area contributed by atoms with E-state index in [1.165, 1.54) is 0 Å². The third-order valence-corrected chi connectivity index (χ3v) is 7.83. The van der Waals surface area contributed by atoms with Crippen LogP contribution in [0.4, 0.5) is 17.3 Å². The number of pyridine rings is 1. The third kappa shape index (κ3) is 7.77. The molecule has 1 fully saturated rings. The summed E-state index contributed by atoms with van der Waals surface area (Å²) in [6.45, 7) is 10.7. The molecule has 1 amide bonds. The Morgan fingerprint density at radius 2 is 1.93 bits per heavy atom. The van der Waals surface area contributed by atoms with Gasteiger partial charge >= 0.3 is 0 Å². The number of methoxy groups -OCH3 is 1. The summed E-state index contributed by atoms with van der Waals surface area (Å²) in [5, 5.41) is 12.9. The molecule has 0 unspecified atom stereocenters. The van der Waals surface area contributed by atoms with Crippen LogP contribution in [-0.4, -0.2) is 37.6 Å². The molecule has 0 atom stereocenters. The molecule has 41 heavy (non-hydrogen) atoms. The number of aromatic nitrogens is 1. The average molecular weight is 615 g/mol. The van der Waals surface area contributed by atoms with Crippen molar-refractivity contribution in [2.75, 3.05) is 41.9 Å². The largest absolute Gasteiger partial charge is 0.497 e. The fourth-order valence-electron chi connectivity index (χ4n) is 5.09. The highest BCUT2D eigenvalue weighted by Crippen LogP contribution is 2.31. The van der Waals surface area contributed by atoms with E-state index in [-0.39, 0.29) is 5.91 Å². The molecule has 212 valence electrons. The molecule has 8 heteroatoms. The second-order valence-corrected chi connectivity index (χ2v) is 11.0. The van der Waals surface area contributed by atoms with Gasteiger partial charge in [-0.1, -0.05) is 40.2 Å². The molecular formula is C33H36BrN5O2. The summed E-state index contributed by atoms with van der Waals surface area (Å²) in [4.78, 5) is 22.7. The molecule has 1 N–H and O–H groups in total. The number of ether oxygens (including phenoxy) is 1. The molecule has 1 saturated heterocycles. The minimum absolute atomic E-state index is 0.239. The summed E-state index contributed by atoms with van der Waals surface area (Å²) in [7, 11) is 1.64. The number of allylic oxidation sites excluding steroid dienone is 1. The fraction of sp³-hybridized carbons (Fsp3) is 0.303. The van der Waals surface area contributed by atoms with E-state index in [1.807, 2.05) is 59.5 Å². The van der Waals surface area contributed by atoms with Gasteiger partial charge in [0.25, 0.3) is 5.91 Å². The molecule has 1 aliphatic rings. The number of nitriles is 1. The second-order valence-electron chi connectivity index (χ2n) is 10.1. The third-order valence-electron chi connectivity index (χ3n) is 7.33. The quantitative estimate of drug-likeness (QED) is 0.215. The summed E-state index contributed by atoms with van der Waals surface area (Å²) >= 11 is 3.58. The fourth-order valence-corrected chi connectivity index (χ4v) is 5.44. The molecule has 7 nitrogen and oxygen atoms in total. The Hall–Kier alpha value is -4.09. The number of amides is 1. The molecule has 0 radical (unpaired) electrons. The lowest BCUT2D eigenvalue weighted by Gasteiger charge is -2.34. The highest BCUT2D eigenvalue weighted by Gasteiger charge is 2.23. The Morgan fingerprint density at radius 3 is 2.59 bits per heavy atom. The van der Waals surface area contributed by atoms with E-state index < -0.39 is 0 Å².